The number of ether oxygens (including phenoxy) is 1. The van der Waals surface area contributed by atoms with Crippen molar-refractivity contribution in [3.63, 3.8) is 0 Å². The first kappa shape index (κ1) is 11.0. The van der Waals surface area contributed by atoms with E-state index in [1.807, 2.05) is 30.2 Å². The summed E-state index contributed by atoms with van der Waals surface area (Å²) in [5.74, 6) is 1.08. The second-order valence-corrected chi connectivity index (χ2v) is 4.49. The fraction of sp³-hybridized carbons (Fsp3) is 0.444. The third-order valence-electron chi connectivity index (χ3n) is 1.49. The summed E-state index contributed by atoms with van der Waals surface area (Å²) in [5.41, 5.74) is 0. The van der Waals surface area contributed by atoms with Crippen molar-refractivity contribution in [2.24, 2.45) is 0 Å². The van der Waals surface area contributed by atoms with E-state index in [1.54, 1.807) is 7.11 Å². The van der Waals surface area contributed by atoms with Crippen LogP contribution in [0.3, 0.4) is 0 Å². The second-order valence-electron chi connectivity index (χ2n) is 2.50. The first-order valence-electron chi connectivity index (χ1n) is 4.06. The molecular formula is C9H12BrNOS. The van der Waals surface area contributed by atoms with Gasteiger partial charge >= 0.3 is 0 Å². The van der Waals surface area contributed by atoms with Crippen LogP contribution in [0, 0.1) is 0 Å². The molecule has 1 heterocycles. The molecule has 1 aromatic heterocycles. The molecule has 0 fully saturated rings. The average Bonchev–Trinajstić information content (AvgIpc) is 2.15. The Morgan fingerprint density at radius 2 is 2.46 bits per heavy atom. The highest BCUT2D eigenvalue weighted by molar-refractivity contribution is 9.10. The molecular weight excluding hydrogens is 250 g/mol. The summed E-state index contributed by atoms with van der Waals surface area (Å²) in [6.45, 7) is 0.829. The lowest BCUT2D eigenvalue weighted by Crippen LogP contribution is -1.90. The highest BCUT2D eigenvalue weighted by Crippen LogP contribution is 2.26. The van der Waals surface area contributed by atoms with Gasteiger partial charge in [-0.25, -0.2) is 0 Å². The maximum Gasteiger partial charge on any atom is 0.0494 e. The Labute approximate surface area is 91.2 Å². The highest BCUT2D eigenvalue weighted by Gasteiger charge is 1.98. The van der Waals surface area contributed by atoms with Gasteiger partial charge < -0.3 is 4.74 Å². The van der Waals surface area contributed by atoms with Crippen molar-refractivity contribution >= 4 is 27.7 Å². The molecule has 1 aromatic rings. The van der Waals surface area contributed by atoms with Crippen LogP contribution in [0.25, 0.3) is 0 Å². The molecule has 0 saturated carbocycles. The first-order chi connectivity index (χ1) is 6.34. The maximum absolute atomic E-state index is 4.97. The van der Waals surface area contributed by atoms with Gasteiger partial charge in [0.2, 0.25) is 0 Å². The summed E-state index contributed by atoms with van der Waals surface area (Å²) < 4.78 is 6.04. The van der Waals surface area contributed by atoms with Crippen LogP contribution >= 0.6 is 27.7 Å². The fourth-order valence-corrected chi connectivity index (χ4v) is 2.29. The molecule has 0 aliphatic carbocycles. The lowest BCUT2D eigenvalue weighted by Gasteiger charge is -2.02. The van der Waals surface area contributed by atoms with E-state index >= 15 is 0 Å². The van der Waals surface area contributed by atoms with Gasteiger partial charge in [-0.05, 0) is 28.4 Å². The minimum atomic E-state index is 0.829. The Morgan fingerprint density at radius 1 is 1.62 bits per heavy atom. The second kappa shape index (κ2) is 6.40. The molecule has 0 bridgehead atoms. The van der Waals surface area contributed by atoms with Crippen molar-refractivity contribution in [1.82, 2.24) is 4.98 Å². The zero-order chi connectivity index (χ0) is 9.52. The minimum absolute atomic E-state index is 0.829. The number of rotatable bonds is 5. The van der Waals surface area contributed by atoms with Gasteiger partial charge in [-0.15, -0.1) is 11.8 Å². The number of hydrogen-bond donors (Lipinski definition) is 0. The van der Waals surface area contributed by atoms with Crippen LogP contribution in [-0.2, 0) is 4.74 Å². The number of nitrogens with zero attached hydrogens (tertiary/aromatic N) is 1. The molecule has 1 rings (SSSR count). The Bertz CT molecular complexity index is 257. The fourth-order valence-electron chi connectivity index (χ4n) is 0.865. The van der Waals surface area contributed by atoms with Crippen molar-refractivity contribution in [2.75, 3.05) is 19.5 Å². The Balaban J connectivity index is 2.32. The predicted molar refractivity (Wildman–Crippen MR) is 59.2 cm³/mol. The maximum atomic E-state index is 4.97. The van der Waals surface area contributed by atoms with E-state index < -0.39 is 0 Å². The molecule has 0 radical (unpaired) electrons. The molecule has 0 aliphatic heterocycles. The van der Waals surface area contributed by atoms with Crippen molar-refractivity contribution in [1.29, 1.82) is 0 Å². The molecule has 0 atom stereocenters. The summed E-state index contributed by atoms with van der Waals surface area (Å²) >= 11 is 5.27. The predicted octanol–water partition coefficient (Wildman–Crippen LogP) is 2.97. The van der Waals surface area contributed by atoms with Crippen molar-refractivity contribution < 1.29 is 4.74 Å². The van der Waals surface area contributed by atoms with Gasteiger partial charge in [0.05, 0.1) is 0 Å². The number of aromatic nitrogens is 1. The van der Waals surface area contributed by atoms with Gasteiger partial charge in [0.1, 0.15) is 0 Å². The molecule has 2 nitrogen and oxygen atoms in total. The van der Waals surface area contributed by atoms with E-state index in [1.165, 1.54) is 4.90 Å². The SMILES string of the molecule is COCCCSc1ccncc1Br. The first-order valence-corrected chi connectivity index (χ1v) is 5.83. The van der Waals surface area contributed by atoms with Gasteiger partial charge in [-0.2, -0.15) is 0 Å². The van der Waals surface area contributed by atoms with Crippen molar-refractivity contribution in [3.8, 4) is 0 Å². The lowest BCUT2D eigenvalue weighted by atomic mass is 10.5. The molecule has 0 aliphatic rings. The van der Waals surface area contributed by atoms with E-state index in [0.29, 0.717) is 0 Å². The quantitative estimate of drug-likeness (QED) is 0.601. The third kappa shape index (κ3) is 4.11. The summed E-state index contributed by atoms with van der Waals surface area (Å²) in [7, 11) is 1.73. The van der Waals surface area contributed by atoms with Crippen LogP contribution in [0.4, 0.5) is 0 Å². The number of hydrogen-bond acceptors (Lipinski definition) is 3. The summed E-state index contributed by atoms with van der Waals surface area (Å²) in [4.78, 5) is 5.25. The molecule has 13 heavy (non-hydrogen) atoms. The van der Waals surface area contributed by atoms with Crippen LogP contribution < -0.4 is 0 Å². The van der Waals surface area contributed by atoms with Crippen molar-refractivity contribution in [2.45, 2.75) is 11.3 Å². The smallest absolute Gasteiger partial charge is 0.0494 e. The summed E-state index contributed by atoms with van der Waals surface area (Å²) in [5, 5.41) is 0. The van der Waals surface area contributed by atoms with E-state index in [0.717, 1.165) is 23.3 Å². The van der Waals surface area contributed by atoms with E-state index in [2.05, 4.69) is 20.9 Å². The molecule has 0 amide bonds. The molecule has 72 valence electrons. The average molecular weight is 262 g/mol. The molecule has 0 N–H and O–H groups in total. The zero-order valence-corrected chi connectivity index (χ0v) is 9.90. The number of pyridine rings is 1. The van der Waals surface area contributed by atoms with Gasteiger partial charge in [0.25, 0.3) is 0 Å². The molecule has 0 aromatic carbocycles. The Kier molecular flexibility index (Phi) is 5.43. The van der Waals surface area contributed by atoms with Gasteiger partial charge in [-0.3, -0.25) is 4.98 Å². The molecule has 0 saturated heterocycles. The normalized spacial score (nSPS) is 10.3. The third-order valence-corrected chi connectivity index (χ3v) is 3.54. The van der Waals surface area contributed by atoms with Crippen LogP contribution in [0.1, 0.15) is 6.42 Å². The molecule has 4 heteroatoms. The Morgan fingerprint density at radius 3 is 3.15 bits per heavy atom. The number of halogens is 1. The number of thioether (sulfide) groups is 1. The van der Waals surface area contributed by atoms with Crippen LogP contribution in [0.2, 0.25) is 0 Å². The summed E-state index contributed by atoms with van der Waals surface area (Å²) in [6.07, 6.45) is 4.71. The monoisotopic (exact) mass is 261 g/mol. The van der Waals surface area contributed by atoms with Crippen LogP contribution in [-0.4, -0.2) is 24.5 Å². The Hall–Kier alpha value is -0.0600. The minimum Gasteiger partial charge on any atom is -0.385 e. The lowest BCUT2D eigenvalue weighted by molar-refractivity contribution is 0.200. The van der Waals surface area contributed by atoms with E-state index in [4.69, 9.17) is 4.74 Å². The molecule has 0 unspecified atom stereocenters. The van der Waals surface area contributed by atoms with E-state index in [9.17, 15) is 0 Å². The van der Waals surface area contributed by atoms with E-state index in [-0.39, 0.29) is 0 Å². The topological polar surface area (TPSA) is 22.1 Å². The highest BCUT2D eigenvalue weighted by atomic mass is 79.9. The largest absolute Gasteiger partial charge is 0.385 e. The summed E-state index contributed by atoms with van der Waals surface area (Å²) in [6, 6.07) is 2.02. The number of methoxy groups -OCH3 is 1. The van der Waals surface area contributed by atoms with Crippen LogP contribution in [0.5, 0.6) is 0 Å². The van der Waals surface area contributed by atoms with Gasteiger partial charge in [0, 0.05) is 41.2 Å². The van der Waals surface area contributed by atoms with Crippen LogP contribution in [0.15, 0.2) is 27.8 Å². The standard InChI is InChI=1S/C9H12BrNOS/c1-12-5-2-6-13-9-3-4-11-7-8(9)10/h3-4,7H,2,5-6H2,1H3. The van der Waals surface area contributed by atoms with Gasteiger partial charge in [-0.1, -0.05) is 0 Å². The van der Waals surface area contributed by atoms with Gasteiger partial charge in [0.15, 0.2) is 0 Å². The zero-order valence-electron chi connectivity index (χ0n) is 7.50. The molecule has 0 spiro atoms. The van der Waals surface area contributed by atoms with Crippen molar-refractivity contribution in [3.05, 3.63) is 22.9 Å².